The zero-order valence-electron chi connectivity index (χ0n) is 14.8. The second kappa shape index (κ2) is 6.36. The van der Waals surface area contributed by atoms with Gasteiger partial charge in [-0.1, -0.05) is 6.92 Å². The van der Waals surface area contributed by atoms with Crippen LogP contribution in [0, 0.1) is 0 Å². The Labute approximate surface area is 151 Å². The lowest BCUT2D eigenvalue weighted by Crippen LogP contribution is -2.39. The Morgan fingerprint density at radius 3 is 3.08 bits per heavy atom. The number of fused-ring (bicyclic) bond motifs is 2. The van der Waals surface area contributed by atoms with Crippen LogP contribution in [0.2, 0.25) is 0 Å². The largest absolute Gasteiger partial charge is 0.481 e. The van der Waals surface area contributed by atoms with Gasteiger partial charge < -0.3 is 19.9 Å². The Morgan fingerprint density at radius 2 is 2.27 bits per heavy atom. The molecule has 0 unspecified atom stereocenters. The number of nitrogens with one attached hydrogen (secondary N) is 2. The fourth-order valence-electron chi connectivity index (χ4n) is 3.38. The summed E-state index contributed by atoms with van der Waals surface area (Å²) in [5.41, 5.74) is 4.62. The Balaban J connectivity index is 1.48. The average molecular weight is 355 g/mol. The lowest BCUT2D eigenvalue weighted by molar-refractivity contribution is -0.120. The van der Waals surface area contributed by atoms with Gasteiger partial charge in [0.05, 0.1) is 17.9 Å². The zero-order chi connectivity index (χ0) is 18.3. The number of carbonyl (C=O) groups is 2. The third-order valence-corrected chi connectivity index (χ3v) is 4.94. The van der Waals surface area contributed by atoms with Crippen molar-refractivity contribution in [3.05, 3.63) is 35.2 Å². The lowest BCUT2D eigenvalue weighted by atomic mass is 10.0. The molecule has 2 aliphatic rings. The van der Waals surface area contributed by atoms with Crippen molar-refractivity contribution in [1.29, 1.82) is 0 Å². The molecule has 0 radical (unpaired) electrons. The number of urea groups is 1. The number of ether oxygens (including phenoxy) is 1. The van der Waals surface area contributed by atoms with Crippen molar-refractivity contribution >= 4 is 23.3 Å². The van der Waals surface area contributed by atoms with Gasteiger partial charge in [0.2, 0.25) is 0 Å². The molecule has 3 amide bonds. The van der Waals surface area contributed by atoms with Crippen LogP contribution in [0.15, 0.2) is 18.2 Å². The summed E-state index contributed by atoms with van der Waals surface area (Å²) in [6, 6.07) is 5.15. The van der Waals surface area contributed by atoms with E-state index < -0.39 is 0 Å². The number of aromatic amines is 1. The van der Waals surface area contributed by atoms with Gasteiger partial charge in [-0.2, -0.15) is 5.10 Å². The Hall–Kier alpha value is -3.03. The van der Waals surface area contributed by atoms with Crippen molar-refractivity contribution in [2.75, 3.05) is 30.4 Å². The summed E-state index contributed by atoms with van der Waals surface area (Å²) in [5, 5.41) is 10.3. The van der Waals surface area contributed by atoms with Gasteiger partial charge in [-0.3, -0.25) is 9.89 Å². The predicted octanol–water partition coefficient (Wildman–Crippen LogP) is 1.92. The maximum atomic E-state index is 12.7. The van der Waals surface area contributed by atoms with Gasteiger partial charge in [-0.15, -0.1) is 0 Å². The van der Waals surface area contributed by atoms with Crippen LogP contribution in [0.5, 0.6) is 5.75 Å². The maximum absolute atomic E-state index is 12.7. The van der Waals surface area contributed by atoms with Gasteiger partial charge in [0, 0.05) is 43.0 Å². The highest BCUT2D eigenvalue weighted by atomic mass is 16.5. The maximum Gasteiger partial charge on any atom is 0.322 e. The van der Waals surface area contributed by atoms with Crippen LogP contribution in [0.1, 0.15) is 23.9 Å². The molecule has 136 valence electrons. The van der Waals surface area contributed by atoms with Crippen molar-refractivity contribution in [2.45, 2.75) is 26.3 Å². The quantitative estimate of drug-likeness (QED) is 0.861. The number of hydrogen-bond acceptors (Lipinski definition) is 4. The molecule has 0 saturated carbocycles. The monoisotopic (exact) mass is 355 g/mol. The number of hydrogen-bond donors (Lipinski definition) is 2. The topological polar surface area (TPSA) is 90.6 Å². The number of nitrogens with zero attached hydrogens (tertiary/aromatic N) is 3. The van der Waals surface area contributed by atoms with Crippen molar-refractivity contribution in [3.8, 4) is 5.75 Å². The fraction of sp³-hybridized carbons (Fsp3) is 0.389. The van der Waals surface area contributed by atoms with Gasteiger partial charge in [0.1, 0.15) is 5.75 Å². The van der Waals surface area contributed by atoms with Gasteiger partial charge in [-0.25, -0.2) is 4.79 Å². The fourth-order valence-corrected chi connectivity index (χ4v) is 3.38. The summed E-state index contributed by atoms with van der Waals surface area (Å²) < 4.78 is 5.47. The number of likely N-dealkylation sites (N-methyl/N-ethyl adjacent to an activating group) is 1. The third-order valence-electron chi connectivity index (χ3n) is 4.94. The highest BCUT2D eigenvalue weighted by Crippen LogP contribution is 2.33. The number of aromatic nitrogens is 2. The minimum absolute atomic E-state index is 0.0100. The molecule has 0 aliphatic carbocycles. The second-order valence-corrected chi connectivity index (χ2v) is 6.51. The molecule has 0 spiro atoms. The number of amides is 3. The van der Waals surface area contributed by atoms with Crippen molar-refractivity contribution < 1.29 is 14.3 Å². The molecule has 1 aromatic heterocycles. The normalized spacial score (nSPS) is 16.0. The molecule has 0 bridgehead atoms. The van der Waals surface area contributed by atoms with Crippen LogP contribution in [0.3, 0.4) is 0 Å². The lowest BCUT2D eigenvalue weighted by Gasteiger charge is -2.28. The molecular weight excluding hydrogens is 334 g/mol. The van der Waals surface area contributed by atoms with Gasteiger partial charge in [-0.05, 0) is 18.6 Å². The van der Waals surface area contributed by atoms with E-state index in [0.29, 0.717) is 30.2 Å². The van der Waals surface area contributed by atoms with Crippen molar-refractivity contribution in [3.63, 3.8) is 0 Å². The van der Waals surface area contributed by atoms with Crippen molar-refractivity contribution in [2.24, 2.45) is 0 Å². The van der Waals surface area contributed by atoms with Gasteiger partial charge in [0.25, 0.3) is 5.91 Å². The molecule has 1 aromatic carbocycles. The van der Waals surface area contributed by atoms with Gasteiger partial charge >= 0.3 is 6.03 Å². The van der Waals surface area contributed by atoms with Crippen LogP contribution in [0.25, 0.3) is 0 Å². The molecule has 8 heteroatoms. The molecule has 8 nitrogen and oxygen atoms in total. The highest BCUT2D eigenvalue weighted by Gasteiger charge is 2.26. The first-order chi connectivity index (χ1) is 12.6. The first-order valence-electron chi connectivity index (χ1n) is 8.71. The summed E-state index contributed by atoms with van der Waals surface area (Å²) in [6.45, 7) is 3.27. The van der Waals surface area contributed by atoms with E-state index in [0.717, 1.165) is 29.8 Å². The minimum atomic E-state index is -0.154. The molecule has 3 heterocycles. The average Bonchev–Trinajstić information content (AvgIpc) is 3.07. The summed E-state index contributed by atoms with van der Waals surface area (Å²) in [5.74, 6) is 0.499. The summed E-state index contributed by atoms with van der Waals surface area (Å²) >= 11 is 0. The molecule has 4 rings (SSSR count). The Morgan fingerprint density at radius 1 is 1.42 bits per heavy atom. The summed E-state index contributed by atoms with van der Waals surface area (Å²) in [6.07, 6.45) is 1.62. The van der Waals surface area contributed by atoms with E-state index in [4.69, 9.17) is 4.74 Å². The van der Waals surface area contributed by atoms with E-state index in [2.05, 4.69) is 22.4 Å². The molecule has 0 atom stereocenters. The first-order valence-corrected chi connectivity index (χ1v) is 8.71. The zero-order valence-corrected chi connectivity index (χ0v) is 14.8. The Kier molecular flexibility index (Phi) is 4.02. The second-order valence-electron chi connectivity index (χ2n) is 6.51. The molecular formula is C18H21N5O3. The highest BCUT2D eigenvalue weighted by molar-refractivity contribution is 5.98. The van der Waals surface area contributed by atoms with Gasteiger partial charge in [0.15, 0.2) is 6.61 Å². The Bertz CT molecular complexity index is 862. The van der Waals surface area contributed by atoms with Crippen LogP contribution in [-0.4, -0.2) is 47.2 Å². The van der Waals surface area contributed by atoms with Crippen LogP contribution < -0.4 is 15.0 Å². The molecule has 26 heavy (non-hydrogen) atoms. The molecule has 2 aliphatic heterocycles. The van der Waals surface area contributed by atoms with Crippen molar-refractivity contribution in [1.82, 2.24) is 15.1 Å². The molecule has 2 N–H and O–H groups in total. The molecule has 0 saturated heterocycles. The number of anilines is 2. The summed E-state index contributed by atoms with van der Waals surface area (Å²) in [7, 11) is 1.71. The number of rotatable bonds is 2. The van der Waals surface area contributed by atoms with E-state index in [1.807, 2.05) is 0 Å². The predicted molar refractivity (Wildman–Crippen MR) is 96.4 cm³/mol. The number of carbonyl (C=O) groups excluding carboxylic acids is 2. The van der Waals surface area contributed by atoms with E-state index >= 15 is 0 Å². The van der Waals surface area contributed by atoms with E-state index in [1.54, 1.807) is 35.0 Å². The first kappa shape index (κ1) is 16.4. The SMILES string of the molecule is CCc1n[nH]c2c1CN(C(=O)Nc1ccc3c(c1)OCC(=O)N3C)CC2. The number of aryl methyl sites for hydroxylation is 1. The standard InChI is InChI=1S/C18H21N5O3/c1-3-13-12-9-23(7-6-14(12)21-20-13)18(25)19-11-4-5-15-16(8-11)26-10-17(24)22(15)2/h4-5,8H,3,6-7,9-10H2,1-2H3,(H,19,25)(H,20,21). The smallest absolute Gasteiger partial charge is 0.322 e. The summed E-state index contributed by atoms with van der Waals surface area (Å²) in [4.78, 5) is 27.7. The van der Waals surface area contributed by atoms with Crippen LogP contribution in [0.4, 0.5) is 16.2 Å². The third kappa shape index (κ3) is 2.77. The molecule has 0 fully saturated rings. The minimum Gasteiger partial charge on any atom is -0.481 e. The van der Waals surface area contributed by atoms with E-state index in [-0.39, 0.29) is 18.5 Å². The van der Waals surface area contributed by atoms with E-state index in [1.165, 1.54) is 0 Å². The van der Waals surface area contributed by atoms with E-state index in [9.17, 15) is 9.59 Å². The van der Waals surface area contributed by atoms with Crippen LogP contribution >= 0.6 is 0 Å². The molecule has 2 aromatic rings. The number of H-pyrrole nitrogens is 1. The van der Waals surface area contributed by atoms with Crippen LogP contribution in [-0.2, 0) is 24.2 Å². The number of benzene rings is 1.